The molecule has 1 atom stereocenters. The molecule has 2 aromatic rings. The Morgan fingerprint density at radius 3 is 2.55 bits per heavy atom. The van der Waals surface area contributed by atoms with Gasteiger partial charge in [0.25, 0.3) is 11.8 Å². The van der Waals surface area contributed by atoms with Crippen LogP contribution in [0.5, 0.6) is 5.75 Å². The van der Waals surface area contributed by atoms with Crippen LogP contribution in [0.15, 0.2) is 42.5 Å². The fourth-order valence-electron chi connectivity index (χ4n) is 3.53. The lowest BCUT2D eigenvalue weighted by molar-refractivity contribution is -0.136. The molecule has 0 spiro atoms. The Balaban J connectivity index is 1.57. The van der Waals surface area contributed by atoms with Gasteiger partial charge in [0.15, 0.2) is 0 Å². The van der Waals surface area contributed by atoms with Crippen LogP contribution in [-0.2, 0) is 20.9 Å². The summed E-state index contributed by atoms with van der Waals surface area (Å²) in [6, 6.07) is 10.1. The number of nitrogens with zero attached hydrogens (tertiary/aromatic N) is 1. The number of piperidine rings is 1. The first-order chi connectivity index (χ1) is 14.9. The number of amides is 5. The molecule has 2 aliphatic heterocycles. The van der Waals surface area contributed by atoms with Crippen molar-refractivity contribution in [2.24, 2.45) is 0 Å². The van der Waals surface area contributed by atoms with Gasteiger partial charge in [-0.3, -0.25) is 34.7 Å². The Hall–Kier alpha value is -4.21. The zero-order chi connectivity index (χ0) is 22.1. The quantitative estimate of drug-likeness (QED) is 0.500. The number of hydrogen-bond donors (Lipinski definition) is 3. The number of carbonyl (C=O) groups is 5. The maximum Gasteiger partial charge on any atom is 0.412 e. The monoisotopic (exact) mass is 423 g/mol. The van der Waals surface area contributed by atoms with Crippen LogP contribution in [0, 0.1) is 0 Å². The third-order valence-corrected chi connectivity index (χ3v) is 5.03. The lowest BCUT2D eigenvalue weighted by Gasteiger charge is -2.27. The topological polar surface area (TPSA) is 142 Å². The first kappa shape index (κ1) is 20.1. The first-order valence-corrected chi connectivity index (χ1v) is 9.42. The minimum Gasteiger partial charge on any atom is -0.506 e. The molecule has 10 heteroatoms. The summed E-state index contributed by atoms with van der Waals surface area (Å²) >= 11 is 0. The summed E-state index contributed by atoms with van der Waals surface area (Å²) < 4.78 is 5.11. The van der Waals surface area contributed by atoms with Crippen molar-refractivity contribution in [3.8, 4) is 5.75 Å². The summed E-state index contributed by atoms with van der Waals surface area (Å²) in [7, 11) is 0. The zero-order valence-corrected chi connectivity index (χ0v) is 16.1. The van der Waals surface area contributed by atoms with Crippen LogP contribution in [0.4, 0.5) is 10.5 Å². The van der Waals surface area contributed by atoms with E-state index in [-0.39, 0.29) is 36.3 Å². The van der Waals surface area contributed by atoms with E-state index in [9.17, 15) is 29.1 Å². The number of imide groups is 2. The number of phenols is 1. The van der Waals surface area contributed by atoms with Crippen molar-refractivity contribution in [3.63, 3.8) is 0 Å². The number of aromatic hydroxyl groups is 1. The van der Waals surface area contributed by atoms with Crippen LogP contribution < -0.4 is 10.6 Å². The van der Waals surface area contributed by atoms with Gasteiger partial charge < -0.3 is 9.84 Å². The number of anilines is 1. The molecule has 5 amide bonds. The molecule has 0 aromatic heterocycles. The lowest BCUT2D eigenvalue weighted by atomic mass is 10.0. The average molecular weight is 423 g/mol. The molecule has 10 nitrogen and oxygen atoms in total. The number of benzene rings is 2. The normalized spacial score (nSPS) is 17.9. The second-order valence-corrected chi connectivity index (χ2v) is 7.02. The first-order valence-electron chi connectivity index (χ1n) is 9.42. The Kier molecular flexibility index (Phi) is 5.12. The van der Waals surface area contributed by atoms with Crippen LogP contribution in [0.3, 0.4) is 0 Å². The lowest BCUT2D eigenvalue weighted by Crippen LogP contribution is -2.54. The summed E-state index contributed by atoms with van der Waals surface area (Å²) in [6.45, 7) is -0.0439. The van der Waals surface area contributed by atoms with Gasteiger partial charge in [0, 0.05) is 6.42 Å². The van der Waals surface area contributed by atoms with E-state index in [1.165, 1.54) is 6.07 Å². The fraction of sp³-hybridized carbons (Fsp3) is 0.190. The van der Waals surface area contributed by atoms with Gasteiger partial charge >= 0.3 is 6.09 Å². The van der Waals surface area contributed by atoms with Gasteiger partial charge in [-0.1, -0.05) is 30.3 Å². The van der Waals surface area contributed by atoms with E-state index in [1.807, 2.05) is 6.07 Å². The van der Waals surface area contributed by atoms with Crippen LogP contribution in [0.2, 0.25) is 0 Å². The highest BCUT2D eigenvalue weighted by Crippen LogP contribution is 2.37. The number of phenolic OH excluding ortho intramolecular Hbond substituents is 1. The molecular weight excluding hydrogens is 406 g/mol. The van der Waals surface area contributed by atoms with E-state index in [1.54, 1.807) is 24.3 Å². The molecule has 4 rings (SSSR count). The molecule has 2 aromatic carbocycles. The van der Waals surface area contributed by atoms with Crippen molar-refractivity contribution in [2.45, 2.75) is 25.5 Å². The number of ether oxygens (including phenoxy) is 1. The molecule has 3 N–H and O–H groups in total. The molecule has 0 aliphatic carbocycles. The number of fused-ring (bicyclic) bond motifs is 1. The van der Waals surface area contributed by atoms with Crippen molar-refractivity contribution in [1.29, 1.82) is 0 Å². The predicted octanol–water partition coefficient (Wildman–Crippen LogP) is 1.54. The highest BCUT2D eigenvalue weighted by atomic mass is 16.5. The van der Waals surface area contributed by atoms with Crippen molar-refractivity contribution in [2.75, 3.05) is 5.32 Å². The smallest absolute Gasteiger partial charge is 0.412 e. The standard InChI is InChI=1S/C21H17N3O7/c25-14-8-6-12-16(17(14)23-21(30)31-10-11-4-2-1-3-5-11)20(29)24(19(12)28)13-7-9-15(26)22-18(13)27/h1-6,8,13,25H,7,9-10H2,(H,23,30)(H,22,26,27). The van der Waals surface area contributed by atoms with Crippen molar-refractivity contribution in [3.05, 3.63) is 59.2 Å². The summed E-state index contributed by atoms with van der Waals surface area (Å²) in [5.41, 5.74) is 0.122. The molecule has 2 heterocycles. The van der Waals surface area contributed by atoms with E-state index < -0.39 is 41.5 Å². The van der Waals surface area contributed by atoms with Gasteiger partial charge in [-0.2, -0.15) is 0 Å². The van der Waals surface area contributed by atoms with E-state index in [2.05, 4.69) is 10.6 Å². The largest absolute Gasteiger partial charge is 0.506 e. The summed E-state index contributed by atoms with van der Waals surface area (Å²) in [5, 5.41) is 14.6. The molecule has 1 saturated heterocycles. The molecule has 2 aliphatic rings. The van der Waals surface area contributed by atoms with Crippen LogP contribution >= 0.6 is 0 Å². The van der Waals surface area contributed by atoms with E-state index in [0.717, 1.165) is 16.5 Å². The van der Waals surface area contributed by atoms with E-state index in [0.29, 0.717) is 0 Å². The molecule has 0 radical (unpaired) electrons. The molecule has 0 saturated carbocycles. The van der Waals surface area contributed by atoms with Gasteiger partial charge in [0.2, 0.25) is 11.8 Å². The third-order valence-electron chi connectivity index (χ3n) is 5.03. The van der Waals surface area contributed by atoms with Crippen LogP contribution in [-0.4, -0.2) is 45.8 Å². The Bertz CT molecular complexity index is 1110. The zero-order valence-electron chi connectivity index (χ0n) is 16.1. The van der Waals surface area contributed by atoms with Gasteiger partial charge in [-0.25, -0.2) is 4.79 Å². The molecular formula is C21H17N3O7. The van der Waals surface area contributed by atoms with E-state index in [4.69, 9.17) is 4.74 Å². The number of carbonyl (C=O) groups excluding carboxylic acids is 5. The molecule has 0 bridgehead atoms. The SMILES string of the molecule is O=C1CCC(N2C(=O)c3ccc(O)c(NC(=O)OCc4ccccc4)c3C2=O)C(=O)N1. The average Bonchev–Trinajstić information content (AvgIpc) is 3.00. The number of nitrogens with one attached hydrogen (secondary N) is 2. The van der Waals surface area contributed by atoms with Crippen molar-refractivity contribution in [1.82, 2.24) is 10.2 Å². The van der Waals surface area contributed by atoms with Gasteiger partial charge in [-0.05, 0) is 24.1 Å². The fourth-order valence-corrected chi connectivity index (χ4v) is 3.53. The highest BCUT2D eigenvalue weighted by molar-refractivity contribution is 6.26. The third kappa shape index (κ3) is 3.70. The molecule has 1 fully saturated rings. The Morgan fingerprint density at radius 1 is 1.10 bits per heavy atom. The minimum atomic E-state index is -1.16. The van der Waals surface area contributed by atoms with Crippen LogP contribution in [0.25, 0.3) is 0 Å². The van der Waals surface area contributed by atoms with Crippen molar-refractivity contribution >= 4 is 35.4 Å². The summed E-state index contributed by atoms with van der Waals surface area (Å²) in [6.07, 6.45) is -0.969. The maximum absolute atomic E-state index is 13.0. The Morgan fingerprint density at radius 2 is 1.84 bits per heavy atom. The second-order valence-electron chi connectivity index (χ2n) is 7.02. The summed E-state index contributed by atoms with van der Waals surface area (Å²) in [5.74, 6) is -3.30. The molecule has 158 valence electrons. The minimum absolute atomic E-state index is 0.00992. The second kappa shape index (κ2) is 7.90. The molecule has 31 heavy (non-hydrogen) atoms. The number of rotatable bonds is 4. The Labute approximate surface area is 175 Å². The number of hydrogen-bond acceptors (Lipinski definition) is 7. The van der Waals surface area contributed by atoms with Crippen molar-refractivity contribution < 1.29 is 33.8 Å². The summed E-state index contributed by atoms with van der Waals surface area (Å²) in [4.78, 5) is 62.3. The van der Waals surface area contributed by atoms with Crippen LogP contribution in [0.1, 0.15) is 39.1 Å². The van der Waals surface area contributed by atoms with Gasteiger partial charge in [0.05, 0.1) is 16.8 Å². The predicted molar refractivity (Wildman–Crippen MR) is 105 cm³/mol. The van der Waals surface area contributed by atoms with E-state index >= 15 is 0 Å². The van der Waals surface area contributed by atoms with Gasteiger partial charge in [-0.15, -0.1) is 0 Å². The highest BCUT2D eigenvalue weighted by Gasteiger charge is 2.46. The molecule has 1 unspecified atom stereocenters. The maximum atomic E-state index is 13.0. The van der Waals surface area contributed by atoms with Gasteiger partial charge in [0.1, 0.15) is 18.4 Å².